The number of para-hydroxylation sites is 2. The third-order valence-corrected chi connectivity index (χ3v) is 5.84. The molecular formula is C17H10ClN5OS2. The van der Waals surface area contributed by atoms with Gasteiger partial charge in [-0.1, -0.05) is 65.0 Å². The Morgan fingerprint density at radius 1 is 1.08 bits per heavy atom. The lowest BCUT2D eigenvalue weighted by atomic mass is 10.2. The van der Waals surface area contributed by atoms with Gasteiger partial charge in [-0.25, -0.2) is 4.98 Å². The second-order valence-electron chi connectivity index (χ2n) is 5.43. The van der Waals surface area contributed by atoms with E-state index in [1.54, 1.807) is 4.52 Å². The number of nitrogens with zero attached hydrogens (tertiary/aromatic N) is 5. The van der Waals surface area contributed by atoms with Crippen LogP contribution in [-0.4, -0.2) is 24.8 Å². The van der Waals surface area contributed by atoms with Crippen molar-refractivity contribution in [2.75, 3.05) is 0 Å². The van der Waals surface area contributed by atoms with Gasteiger partial charge >= 0.3 is 0 Å². The Bertz CT molecular complexity index is 1200. The van der Waals surface area contributed by atoms with Gasteiger partial charge in [0.2, 0.25) is 4.96 Å². The molecule has 0 N–H and O–H groups in total. The van der Waals surface area contributed by atoms with Gasteiger partial charge in [0.05, 0.1) is 10.8 Å². The summed E-state index contributed by atoms with van der Waals surface area (Å²) in [5.41, 5.74) is 2.51. The number of oxazole rings is 1. The molecule has 0 saturated heterocycles. The van der Waals surface area contributed by atoms with Crippen LogP contribution in [0.15, 0.2) is 58.2 Å². The second-order valence-corrected chi connectivity index (χ2v) is 7.72. The highest BCUT2D eigenvalue weighted by molar-refractivity contribution is 7.98. The van der Waals surface area contributed by atoms with Crippen LogP contribution >= 0.6 is 34.7 Å². The fourth-order valence-electron chi connectivity index (χ4n) is 2.53. The first kappa shape index (κ1) is 15.8. The highest BCUT2D eigenvalue weighted by atomic mass is 35.5. The lowest BCUT2D eigenvalue weighted by molar-refractivity contribution is 0.489. The largest absolute Gasteiger partial charge is 0.431 e. The fraction of sp³-hybridized carbons (Fsp3) is 0.0588. The maximum atomic E-state index is 6.27. The van der Waals surface area contributed by atoms with Gasteiger partial charge in [0.15, 0.2) is 11.4 Å². The van der Waals surface area contributed by atoms with E-state index in [9.17, 15) is 0 Å². The van der Waals surface area contributed by atoms with Crippen LogP contribution in [0, 0.1) is 0 Å². The van der Waals surface area contributed by atoms with Crippen LogP contribution < -0.4 is 0 Å². The van der Waals surface area contributed by atoms with E-state index in [1.165, 1.54) is 23.1 Å². The normalized spacial score (nSPS) is 11.6. The summed E-state index contributed by atoms with van der Waals surface area (Å²) in [7, 11) is 0. The molecule has 0 unspecified atom stereocenters. The summed E-state index contributed by atoms with van der Waals surface area (Å²) in [6, 6.07) is 15.3. The molecule has 0 bridgehead atoms. The third kappa shape index (κ3) is 2.76. The number of fused-ring (bicyclic) bond motifs is 2. The first-order chi connectivity index (χ1) is 12.8. The van der Waals surface area contributed by atoms with Crippen molar-refractivity contribution in [2.24, 2.45) is 0 Å². The van der Waals surface area contributed by atoms with Gasteiger partial charge in [0, 0.05) is 5.56 Å². The van der Waals surface area contributed by atoms with Crippen molar-refractivity contribution in [3.63, 3.8) is 0 Å². The summed E-state index contributed by atoms with van der Waals surface area (Å²) in [6.07, 6.45) is 0. The fourth-order valence-corrected chi connectivity index (χ4v) is 4.45. The molecule has 0 aliphatic rings. The standard InChI is InChI=1S/C17H10ClN5OS2/c18-11-6-2-1-5-10(11)15-22-23-14(20-21-16(23)26-15)9-25-17-19-12-7-3-4-8-13(12)24-17/h1-8H,9H2. The number of rotatable bonds is 4. The Morgan fingerprint density at radius 2 is 1.92 bits per heavy atom. The zero-order chi connectivity index (χ0) is 17.5. The zero-order valence-electron chi connectivity index (χ0n) is 13.2. The van der Waals surface area contributed by atoms with Gasteiger partial charge in [-0.15, -0.1) is 10.2 Å². The molecule has 5 aromatic rings. The van der Waals surface area contributed by atoms with Crippen molar-refractivity contribution in [1.29, 1.82) is 0 Å². The lowest BCUT2D eigenvalue weighted by Gasteiger charge is -1.98. The Labute approximate surface area is 160 Å². The van der Waals surface area contributed by atoms with Crippen molar-refractivity contribution in [2.45, 2.75) is 11.0 Å². The van der Waals surface area contributed by atoms with Gasteiger partial charge in [-0.3, -0.25) is 0 Å². The monoisotopic (exact) mass is 399 g/mol. The minimum atomic E-state index is 0.555. The highest BCUT2D eigenvalue weighted by Gasteiger charge is 2.16. The van der Waals surface area contributed by atoms with Crippen LogP contribution in [0.5, 0.6) is 0 Å². The number of aromatic nitrogens is 5. The molecule has 6 nitrogen and oxygen atoms in total. The van der Waals surface area contributed by atoms with Crippen molar-refractivity contribution in [3.8, 4) is 10.6 Å². The number of halogens is 1. The Kier molecular flexibility index (Phi) is 3.88. The van der Waals surface area contributed by atoms with E-state index >= 15 is 0 Å². The highest BCUT2D eigenvalue weighted by Crippen LogP contribution is 2.32. The average Bonchev–Trinajstić information content (AvgIpc) is 3.34. The van der Waals surface area contributed by atoms with Crippen molar-refractivity contribution < 1.29 is 4.42 Å². The first-order valence-electron chi connectivity index (χ1n) is 7.72. The van der Waals surface area contributed by atoms with Crippen LogP contribution in [0.2, 0.25) is 5.02 Å². The number of hydrogen-bond acceptors (Lipinski definition) is 7. The zero-order valence-corrected chi connectivity index (χ0v) is 15.6. The summed E-state index contributed by atoms with van der Waals surface area (Å²) < 4.78 is 7.48. The molecule has 0 spiro atoms. The quantitative estimate of drug-likeness (QED) is 0.399. The van der Waals surface area contributed by atoms with E-state index < -0.39 is 0 Å². The second kappa shape index (κ2) is 6.39. The number of hydrogen-bond donors (Lipinski definition) is 0. The molecule has 5 rings (SSSR count). The molecule has 0 saturated carbocycles. The molecular weight excluding hydrogens is 390 g/mol. The Morgan fingerprint density at radius 3 is 2.81 bits per heavy atom. The van der Waals surface area contributed by atoms with E-state index in [0.717, 1.165) is 32.5 Å². The Balaban J connectivity index is 1.43. The minimum absolute atomic E-state index is 0.555. The van der Waals surface area contributed by atoms with E-state index in [2.05, 4.69) is 20.3 Å². The number of thioether (sulfide) groups is 1. The maximum absolute atomic E-state index is 6.27. The van der Waals surface area contributed by atoms with Gasteiger partial charge in [-0.2, -0.15) is 9.61 Å². The van der Waals surface area contributed by atoms with Crippen LogP contribution in [0.4, 0.5) is 0 Å². The van der Waals surface area contributed by atoms with Crippen LogP contribution in [0.1, 0.15) is 5.82 Å². The number of benzene rings is 2. The molecule has 0 aliphatic heterocycles. The molecule has 26 heavy (non-hydrogen) atoms. The molecule has 3 heterocycles. The first-order valence-corrected chi connectivity index (χ1v) is 9.90. The topological polar surface area (TPSA) is 69.1 Å². The predicted octanol–water partition coefficient (Wildman–Crippen LogP) is 4.94. The van der Waals surface area contributed by atoms with Gasteiger partial charge in [-0.05, 0) is 18.2 Å². The molecule has 0 amide bonds. The van der Waals surface area contributed by atoms with E-state index in [1.807, 2.05) is 48.5 Å². The van der Waals surface area contributed by atoms with E-state index in [-0.39, 0.29) is 0 Å². The van der Waals surface area contributed by atoms with Gasteiger partial charge in [0.1, 0.15) is 10.5 Å². The third-order valence-electron chi connectivity index (χ3n) is 3.76. The molecule has 128 valence electrons. The summed E-state index contributed by atoms with van der Waals surface area (Å²) in [4.78, 5) is 5.19. The predicted molar refractivity (Wildman–Crippen MR) is 103 cm³/mol. The molecule has 0 fully saturated rings. The van der Waals surface area contributed by atoms with E-state index in [4.69, 9.17) is 16.0 Å². The minimum Gasteiger partial charge on any atom is -0.431 e. The SMILES string of the molecule is Clc1ccccc1-c1nn2c(CSc3nc4ccccc4o3)nnc2s1. The summed E-state index contributed by atoms with van der Waals surface area (Å²) in [6.45, 7) is 0. The van der Waals surface area contributed by atoms with Crippen molar-refractivity contribution in [3.05, 3.63) is 59.4 Å². The summed E-state index contributed by atoms with van der Waals surface area (Å²) in [5, 5.41) is 15.1. The van der Waals surface area contributed by atoms with Crippen LogP contribution in [-0.2, 0) is 5.75 Å². The molecule has 0 aliphatic carbocycles. The van der Waals surface area contributed by atoms with Crippen LogP contribution in [0.25, 0.3) is 26.6 Å². The van der Waals surface area contributed by atoms with E-state index in [0.29, 0.717) is 16.0 Å². The molecule has 3 aromatic heterocycles. The maximum Gasteiger partial charge on any atom is 0.257 e. The van der Waals surface area contributed by atoms with Crippen molar-refractivity contribution in [1.82, 2.24) is 24.8 Å². The molecule has 0 atom stereocenters. The molecule has 9 heteroatoms. The Hall–Kier alpha value is -2.42. The van der Waals surface area contributed by atoms with Gasteiger partial charge in [0.25, 0.3) is 5.22 Å². The average molecular weight is 400 g/mol. The lowest BCUT2D eigenvalue weighted by Crippen LogP contribution is -1.94. The smallest absolute Gasteiger partial charge is 0.257 e. The van der Waals surface area contributed by atoms with Crippen molar-refractivity contribution >= 4 is 50.8 Å². The van der Waals surface area contributed by atoms with Gasteiger partial charge < -0.3 is 4.42 Å². The molecule has 2 aromatic carbocycles. The molecule has 0 radical (unpaired) electrons. The summed E-state index contributed by atoms with van der Waals surface area (Å²) >= 11 is 9.19. The summed E-state index contributed by atoms with van der Waals surface area (Å²) in [5.74, 6) is 1.29. The van der Waals surface area contributed by atoms with Crippen LogP contribution in [0.3, 0.4) is 0 Å².